The van der Waals surface area contributed by atoms with Crippen LogP contribution in [-0.4, -0.2) is 26.9 Å². The van der Waals surface area contributed by atoms with Crippen LogP contribution in [0.25, 0.3) is 0 Å². The maximum Gasteiger partial charge on any atom is 2.00 e. The third-order valence-electron chi connectivity index (χ3n) is 6.66. The van der Waals surface area contributed by atoms with Crippen LogP contribution in [0.3, 0.4) is 0 Å². The average molecular weight is 769 g/mol. The van der Waals surface area contributed by atoms with E-state index in [2.05, 4.69) is 0 Å². The summed E-state index contributed by atoms with van der Waals surface area (Å²) in [6, 6.07) is 0. The van der Waals surface area contributed by atoms with Crippen LogP contribution < -0.4 is 0 Å². The Labute approximate surface area is 307 Å². The SMILES string of the molecule is C1CCCC1.C1CCCC1.C1CCCC1.C1CCCC1.CC(C)=C(O)OC(C)(C)C.CC(C)=C(O)OC(C)(C)C.O.[Zr+2].[Zr+2]. The van der Waals surface area contributed by atoms with Gasteiger partial charge < -0.3 is 25.2 Å². The predicted octanol–water partition coefficient (Wildman–Crippen LogP) is 12.2. The van der Waals surface area contributed by atoms with E-state index in [1.54, 1.807) is 27.7 Å². The molecule has 7 heteroatoms. The Morgan fingerprint density at radius 1 is 0.372 bits per heavy atom. The number of aliphatic hydroxyl groups excluding tert-OH is 2. The fourth-order valence-corrected chi connectivity index (χ4v) is 4.32. The second-order valence-electron chi connectivity index (χ2n) is 14.1. The van der Waals surface area contributed by atoms with Crippen LogP contribution in [0, 0.1) is 0 Å². The molecule has 0 aromatic carbocycles. The van der Waals surface area contributed by atoms with Gasteiger partial charge in [0.25, 0.3) is 11.9 Å². The molecule has 0 aromatic rings. The van der Waals surface area contributed by atoms with Crippen LogP contribution >= 0.6 is 0 Å². The number of ether oxygens (including phenoxy) is 2. The number of allylic oxidation sites excluding steroid dienone is 2. The van der Waals surface area contributed by atoms with Crippen LogP contribution in [0.2, 0.25) is 0 Å². The summed E-state index contributed by atoms with van der Waals surface area (Å²) < 4.78 is 10.3. The molecule has 0 aliphatic heterocycles. The van der Waals surface area contributed by atoms with Crippen molar-refractivity contribution >= 4 is 0 Å². The van der Waals surface area contributed by atoms with Gasteiger partial charge in [-0.05, 0) is 69.2 Å². The predicted molar refractivity (Wildman–Crippen MR) is 180 cm³/mol. The second kappa shape index (κ2) is 33.8. The van der Waals surface area contributed by atoms with Crippen molar-refractivity contribution in [3.8, 4) is 0 Å². The van der Waals surface area contributed by atoms with E-state index in [0.717, 1.165) is 11.1 Å². The summed E-state index contributed by atoms with van der Waals surface area (Å²) in [7, 11) is 0. The van der Waals surface area contributed by atoms with Crippen molar-refractivity contribution in [1.29, 1.82) is 0 Å². The van der Waals surface area contributed by atoms with Gasteiger partial charge in [0.05, 0.1) is 0 Å². The van der Waals surface area contributed by atoms with Crippen molar-refractivity contribution in [1.82, 2.24) is 0 Å². The largest absolute Gasteiger partial charge is 2.00 e. The van der Waals surface area contributed by atoms with Gasteiger partial charge in [-0.1, -0.05) is 128 Å². The first-order chi connectivity index (χ1) is 18.7. The van der Waals surface area contributed by atoms with E-state index in [9.17, 15) is 0 Å². The van der Waals surface area contributed by atoms with Crippen LogP contribution in [0.5, 0.6) is 0 Å². The number of rotatable bonds is 2. The van der Waals surface area contributed by atoms with E-state index in [1.807, 2.05) is 41.5 Å². The molecule has 4 saturated carbocycles. The minimum absolute atomic E-state index is 0. The molecular formula is C36H74O5Zr2+4. The summed E-state index contributed by atoms with van der Waals surface area (Å²) in [6.45, 7) is 18.6. The van der Waals surface area contributed by atoms with Crippen molar-refractivity contribution in [3.05, 3.63) is 23.0 Å². The molecule has 5 nitrogen and oxygen atoms in total. The van der Waals surface area contributed by atoms with Crippen LogP contribution in [0.1, 0.15) is 198 Å². The monoisotopic (exact) mass is 766 g/mol. The van der Waals surface area contributed by atoms with Gasteiger partial charge in [-0.3, -0.25) is 0 Å². The van der Waals surface area contributed by atoms with E-state index >= 15 is 0 Å². The number of hydrogen-bond donors (Lipinski definition) is 2. The zero-order chi connectivity index (χ0) is 30.9. The summed E-state index contributed by atoms with van der Waals surface area (Å²) >= 11 is 0. The van der Waals surface area contributed by atoms with Crippen molar-refractivity contribution < 1.29 is 77.6 Å². The summed E-state index contributed by atoms with van der Waals surface area (Å²) in [4.78, 5) is 0. The van der Waals surface area contributed by atoms with Gasteiger partial charge in [0.1, 0.15) is 11.2 Å². The molecule has 4 fully saturated rings. The molecule has 0 aromatic heterocycles. The molecular weight excluding hydrogens is 695 g/mol. The molecule has 0 unspecified atom stereocenters. The fraction of sp³-hybridized carbons (Fsp3) is 0.889. The first kappa shape index (κ1) is 52.9. The molecule has 0 radical (unpaired) electrons. The normalized spacial score (nSPS) is 16.2. The van der Waals surface area contributed by atoms with E-state index in [4.69, 9.17) is 19.7 Å². The van der Waals surface area contributed by atoms with Crippen molar-refractivity contribution in [2.75, 3.05) is 0 Å². The molecule has 0 bridgehead atoms. The third kappa shape index (κ3) is 46.9. The Balaban J connectivity index is -0.000000136. The van der Waals surface area contributed by atoms with Gasteiger partial charge in [-0.25, -0.2) is 0 Å². The first-order valence-electron chi connectivity index (χ1n) is 16.8. The van der Waals surface area contributed by atoms with Gasteiger partial charge >= 0.3 is 52.4 Å². The first-order valence-corrected chi connectivity index (χ1v) is 16.8. The Kier molecular flexibility index (Phi) is 41.5. The molecule has 0 heterocycles. The molecule has 0 atom stereocenters. The van der Waals surface area contributed by atoms with Crippen LogP contribution in [0.4, 0.5) is 0 Å². The Hall–Kier alpha value is 0.406. The number of aliphatic hydroxyl groups is 2. The quantitative estimate of drug-likeness (QED) is 0.274. The zero-order valence-electron chi connectivity index (χ0n) is 30.4. The summed E-state index contributed by atoms with van der Waals surface area (Å²) in [6.07, 6.45) is 30.0. The molecule has 43 heavy (non-hydrogen) atoms. The Bertz CT molecular complexity index is 519. The fourth-order valence-electron chi connectivity index (χ4n) is 4.32. The van der Waals surface area contributed by atoms with E-state index in [-0.39, 0.29) is 81.0 Å². The summed E-state index contributed by atoms with van der Waals surface area (Å²) in [5.74, 6) is 0.0694. The molecule has 4 N–H and O–H groups in total. The second-order valence-corrected chi connectivity index (χ2v) is 14.1. The van der Waals surface area contributed by atoms with Gasteiger partial charge in [0.2, 0.25) is 0 Å². The van der Waals surface area contributed by atoms with Gasteiger partial charge in [-0.2, -0.15) is 0 Å². The Morgan fingerprint density at radius 3 is 0.535 bits per heavy atom. The number of hydrogen-bond acceptors (Lipinski definition) is 4. The topological polar surface area (TPSA) is 90.4 Å². The zero-order valence-corrected chi connectivity index (χ0v) is 35.3. The minimum Gasteiger partial charge on any atom is -0.481 e. The maximum atomic E-state index is 9.12. The average Bonchev–Trinajstić information content (AvgIpc) is 3.71. The molecule has 4 aliphatic carbocycles. The van der Waals surface area contributed by atoms with Crippen LogP contribution in [-0.2, 0) is 61.9 Å². The molecule has 0 amide bonds. The van der Waals surface area contributed by atoms with E-state index in [1.165, 1.54) is 128 Å². The maximum absolute atomic E-state index is 9.12. The van der Waals surface area contributed by atoms with E-state index in [0.29, 0.717) is 0 Å². The minimum atomic E-state index is -0.304. The molecule has 0 saturated heterocycles. The van der Waals surface area contributed by atoms with E-state index < -0.39 is 0 Å². The molecule has 0 spiro atoms. The standard InChI is InChI=1S/2C8H16O2.4C5H10.H2O.2Zr/c2*1-6(2)7(9)10-8(3,4)5;4*1-2-4-5-3-1;;;/h2*9H,1-5H3;4*1-5H2;1H2;;/q;;;;;;;2*+2. The van der Waals surface area contributed by atoms with Crippen molar-refractivity contribution in [2.24, 2.45) is 0 Å². The molecule has 252 valence electrons. The smallest absolute Gasteiger partial charge is 0.481 e. The molecule has 4 aliphatic rings. The summed E-state index contributed by atoms with van der Waals surface area (Å²) in [5.41, 5.74) is 0.993. The van der Waals surface area contributed by atoms with Gasteiger partial charge in [0.15, 0.2) is 0 Å². The van der Waals surface area contributed by atoms with Gasteiger partial charge in [-0.15, -0.1) is 0 Å². The Morgan fingerprint density at radius 2 is 0.488 bits per heavy atom. The third-order valence-corrected chi connectivity index (χ3v) is 6.66. The van der Waals surface area contributed by atoms with Crippen LogP contribution in [0.15, 0.2) is 23.0 Å². The molecule has 4 rings (SSSR count). The van der Waals surface area contributed by atoms with Crippen molar-refractivity contribution in [3.63, 3.8) is 0 Å². The summed E-state index contributed by atoms with van der Waals surface area (Å²) in [5, 5.41) is 18.2. The van der Waals surface area contributed by atoms with Gasteiger partial charge in [0, 0.05) is 11.1 Å². The van der Waals surface area contributed by atoms with Crippen molar-refractivity contribution in [2.45, 2.75) is 209 Å².